The number of benzene rings is 1. The van der Waals surface area contributed by atoms with Crippen LogP contribution in [-0.4, -0.2) is 35.7 Å². The fourth-order valence-corrected chi connectivity index (χ4v) is 2.80. The van der Waals surface area contributed by atoms with Crippen LogP contribution < -0.4 is 5.32 Å². The van der Waals surface area contributed by atoms with Crippen LogP contribution in [0.5, 0.6) is 0 Å². The van der Waals surface area contributed by atoms with E-state index in [-0.39, 0.29) is 23.9 Å². The lowest BCUT2D eigenvalue weighted by atomic mass is 10.1. The standard InChI is InChI=1S/C16H23FN2O2/c1-3-11-7-8-13(9-14(11)17)18-16(21)19(2)10-12-5-4-6-15(12)20/h7-9,12,15,20H,3-6,10H2,1-2H3,(H,18,21). The van der Waals surface area contributed by atoms with E-state index in [0.717, 1.165) is 19.3 Å². The van der Waals surface area contributed by atoms with Gasteiger partial charge in [0, 0.05) is 25.2 Å². The van der Waals surface area contributed by atoms with Gasteiger partial charge in [-0.05, 0) is 37.0 Å². The summed E-state index contributed by atoms with van der Waals surface area (Å²) in [7, 11) is 1.69. The Morgan fingerprint density at radius 1 is 1.48 bits per heavy atom. The zero-order valence-electron chi connectivity index (χ0n) is 12.6. The summed E-state index contributed by atoms with van der Waals surface area (Å²) in [4.78, 5) is 13.6. The monoisotopic (exact) mass is 294 g/mol. The Balaban J connectivity index is 1.92. The minimum Gasteiger partial charge on any atom is -0.393 e. The van der Waals surface area contributed by atoms with Crippen molar-refractivity contribution in [3.63, 3.8) is 0 Å². The Kier molecular flexibility index (Phi) is 5.17. The van der Waals surface area contributed by atoms with Crippen molar-refractivity contribution >= 4 is 11.7 Å². The Bertz CT molecular complexity index is 507. The fourth-order valence-electron chi connectivity index (χ4n) is 2.80. The number of halogens is 1. The van der Waals surface area contributed by atoms with Crippen LogP contribution in [0.3, 0.4) is 0 Å². The van der Waals surface area contributed by atoms with Crippen LogP contribution >= 0.6 is 0 Å². The summed E-state index contributed by atoms with van der Waals surface area (Å²) in [5.74, 6) is -0.163. The Hall–Kier alpha value is -1.62. The SMILES string of the molecule is CCc1ccc(NC(=O)N(C)CC2CCCC2O)cc1F. The first kappa shape index (κ1) is 15.8. The number of aliphatic hydroxyl groups is 1. The first-order chi connectivity index (χ1) is 10.0. The molecule has 116 valence electrons. The number of aliphatic hydroxyl groups excluding tert-OH is 1. The van der Waals surface area contributed by atoms with E-state index in [9.17, 15) is 14.3 Å². The van der Waals surface area contributed by atoms with E-state index < -0.39 is 0 Å². The zero-order valence-corrected chi connectivity index (χ0v) is 12.6. The predicted molar refractivity (Wildman–Crippen MR) is 80.8 cm³/mol. The van der Waals surface area contributed by atoms with Crippen molar-refractivity contribution < 1.29 is 14.3 Å². The molecule has 1 aliphatic rings. The van der Waals surface area contributed by atoms with Crippen molar-refractivity contribution in [1.29, 1.82) is 0 Å². The molecule has 1 aromatic rings. The first-order valence-electron chi connectivity index (χ1n) is 7.50. The summed E-state index contributed by atoms with van der Waals surface area (Å²) in [6, 6.07) is 4.45. The van der Waals surface area contributed by atoms with Crippen LogP contribution in [0.1, 0.15) is 31.7 Å². The number of nitrogens with one attached hydrogen (secondary N) is 1. The molecule has 2 rings (SSSR count). The number of anilines is 1. The van der Waals surface area contributed by atoms with Gasteiger partial charge in [0.05, 0.1) is 6.10 Å². The Labute approximate surface area is 125 Å². The molecule has 1 saturated carbocycles. The molecule has 2 amide bonds. The van der Waals surface area contributed by atoms with Crippen molar-refractivity contribution in [1.82, 2.24) is 4.90 Å². The van der Waals surface area contributed by atoms with E-state index in [2.05, 4.69) is 5.32 Å². The average Bonchev–Trinajstić information content (AvgIpc) is 2.84. The van der Waals surface area contributed by atoms with Gasteiger partial charge in [0.15, 0.2) is 0 Å². The third-order valence-corrected chi connectivity index (χ3v) is 4.16. The normalized spacial score (nSPS) is 21.3. The summed E-state index contributed by atoms with van der Waals surface area (Å²) in [6.45, 7) is 2.40. The smallest absolute Gasteiger partial charge is 0.321 e. The third-order valence-electron chi connectivity index (χ3n) is 4.16. The maximum atomic E-state index is 13.7. The van der Waals surface area contributed by atoms with E-state index in [1.54, 1.807) is 24.1 Å². The van der Waals surface area contributed by atoms with Crippen molar-refractivity contribution in [2.75, 3.05) is 18.9 Å². The summed E-state index contributed by atoms with van der Waals surface area (Å²) < 4.78 is 13.7. The molecule has 0 bridgehead atoms. The molecule has 0 radical (unpaired) electrons. The second-order valence-corrected chi connectivity index (χ2v) is 5.73. The molecule has 1 aromatic carbocycles. The Morgan fingerprint density at radius 2 is 2.24 bits per heavy atom. The highest BCUT2D eigenvalue weighted by molar-refractivity contribution is 5.89. The van der Waals surface area contributed by atoms with Crippen molar-refractivity contribution in [2.24, 2.45) is 5.92 Å². The van der Waals surface area contributed by atoms with Crippen LogP contribution in [0, 0.1) is 11.7 Å². The molecule has 1 fully saturated rings. The van der Waals surface area contributed by atoms with Crippen molar-refractivity contribution in [3.05, 3.63) is 29.6 Å². The lowest BCUT2D eigenvalue weighted by Gasteiger charge is -2.23. The quantitative estimate of drug-likeness (QED) is 0.897. The number of rotatable bonds is 4. The lowest BCUT2D eigenvalue weighted by molar-refractivity contribution is 0.116. The van der Waals surface area contributed by atoms with Gasteiger partial charge in [0.2, 0.25) is 0 Å². The highest BCUT2D eigenvalue weighted by atomic mass is 19.1. The molecular formula is C16H23FN2O2. The third kappa shape index (κ3) is 3.94. The minimum absolute atomic E-state index is 0.139. The van der Waals surface area contributed by atoms with Gasteiger partial charge in [-0.25, -0.2) is 9.18 Å². The molecule has 0 aromatic heterocycles. The molecule has 2 unspecified atom stereocenters. The van der Waals surface area contributed by atoms with Crippen molar-refractivity contribution in [3.8, 4) is 0 Å². The molecule has 1 aliphatic carbocycles. The van der Waals surface area contributed by atoms with Gasteiger partial charge in [-0.3, -0.25) is 0 Å². The van der Waals surface area contributed by atoms with E-state index in [1.165, 1.54) is 6.07 Å². The minimum atomic E-state index is -0.318. The van der Waals surface area contributed by atoms with Crippen molar-refractivity contribution in [2.45, 2.75) is 38.7 Å². The van der Waals surface area contributed by atoms with E-state index in [0.29, 0.717) is 24.2 Å². The molecule has 0 spiro atoms. The number of amides is 2. The second kappa shape index (κ2) is 6.89. The van der Waals surface area contributed by atoms with Gasteiger partial charge < -0.3 is 15.3 Å². The van der Waals surface area contributed by atoms with Crippen LogP contribution in [0.15, 0.2) is 18.2 Å². The number of nitrogens with zero attached hydrogens (tertiary/aromatic N) is 1. The molecule has 4 nitrogen and oxygen atoms in total. The predicted octanol–water partition coefficient (Wildman–Crippen LogP) is 3.01. The van der Waals surface area contributed by atoms with Crippen LogP contribution in [0.2, 0.25) is 0 Å². The molecular weight excluding hydrogens is 271 g/mol. The molecule has 0 saturated heterocycles. The number of hydrogen-bond donors (Lipinski definition) is 2. The largest absolute Gasteiger partial charge is 0.393 e. The Morgan fingerprint density at radius 3 is 2.81 bits per heavy atom. The number of urea groups is 1. The molecule has 2 N–H and O–H groups in total. The van der Waals surface area contributed by atoms with Gasteiger partial charge in [-0.15, -0.1) is 0 Å². The van der Waals surface area contributed by atoms with E-state index in [4.69, 9.17) is 0 Å². The lowest BCUT2D eigenvalue weighted by Crippen LogP contribution is -2.37. The molecule has 21 heavy (non-hydrogen) atoms. The van der Waals surface area contributed by atoms with Crippen LogP contribution in [0.25, 0.3) is 0 Å². The summed E-state index contributed by atoms with van der Waals surface area (Å²) in [5.41, 5.74) is 1.09. The van der Waals surface area contributed by atoms with E-state index in [1.807, 2.05) is 6.92 Å². The van der Waals surface area contributed by atoms with Gasteiger partial charge >= 0.3 is 6.03 Å². The van der Waals surface area contributed by atoms with Crippen LogP contribution in [0.4, 0.5) is 14.9 Å². The number of carbonyl (C=O) groups is 1. The molecule has 5 heteroatoms. The van der Waals surface area contributed by atoms with Gasteiger partial charge in [-0.2, -0.15) is 0 Å². The van der Waals surface area contributed by atoms with Gasteiger partial charge in [0.25, 0.3) is 0 Å². The second-order valence-electron chi connectivity index (χ2n) is 5.73. The highest BCUT2D eigenvalue weighted by Gasteiger charge is 2.27. The van der Waals surface area contributed by atoms with Gasteiger partial charge in [-0.1, -0.05) is 19.4 Å². The van der Waals surface area contributed by atoms with Gasteiger partial charge in [0.1, 0.15) is 5.82 Å². The molecule has 0 heterocycles. The number of hydrogen-bond acceptors (Lipinski definition) is 2. The average molecular weight is 294 g/mol. The molecule has 0 aliphatic heterocycles. The zero-order chi connectivity index (χ0) is 15.4. The van der Waals surface area contributed by atoms with E-state index >= 15 is 0 Å². The highest BCUT2D eigenvalue weighted by Crippen LogP contribution is 2.26. The maximum absolute atomic E-state index is 13.7. The number of carbonyl (C=O) groups excluding carboxylic acids is 1. The first-order valence-corrected chi connectivity index (χ1v) is 7.50. The molecule has 2 atom stereocenters. The summed E-state index contributed by atoms with van der Waals surface area (Å²) >= 11 is 0. The topological polar surface area (TPSA) is 52.6 Å². The number of aryl methyl sites for hydroxylation is 1. The maximum Gasteiger partial charge on any atom is 0.321 e. The summed E-state index contributed by atoms with van der Waals surface area (Å²) in [6.07, 6.45) is 3.06. The van der Waals surface area contributed by atoms with Crippen LogP contribution in [-0.2, 0) is 6.42 Å². The summed E-state index contributed by atoms with van der Waals surface area (Å²) in [5, 5.41) is 12.5. The fraction of sp³-hybridized carbons (Fsp3) is 0.562.